The first-order valence-electron chi connectivity index (χ1n) is 9.19. The van der Waals surface area contributed by atoms with Crippen LogP contribution in [-0.2, 0) is 20.6 Å². The molecule has 0 unspecified atom stereocenters. The molecule has 0 spiro atoms. The van der Waals surface area contributed by atoms with E-state index in [2.05, 4.69) is 20.5 Å². The highest BCUT2D eigenvalue weighted by Gasteiger charge is 2.30. The van der Waals surface area contributed by atoms with Gasteiger partial charge in [-0.05, 0) is 29.8 Å². The maximum absolute atomic E-state index is 12.9. The predicted molar refractivity (Wildman–Crippen MR) is 111 cm³/mol. The van der Waals surface area contributed by atoms with E-state index in [0.717, 1.165) is 12.1 Å². The molecule has 0 fully saturated rings. The molecule has 31 heavy (non-hydrogen) atoms. The van der Waals surface area contributed by atoms with Crippen LogP contribution in [-0.4, -0.2) is 43.9 Å². The van der Waals surface area contributed by atoms with E-state index in [4.69, 9.17) is 14.4 Å². The average Bonchev–Trinajstić information content (AvgIpc) is 2.78. The molecule has 0 saturated heterocycles. The minimum absolute atomic E-state index is 0.164. The molecule has 1 aliphatic rings. The van der Waals surface area contributed by atoms with E-state index in [1.807, 2.05) is 0 Å². The lowest BCUT2D eigenvalue weighted by Gasteiger charge is -2.15. The molecule has 2 aromatic rings. The van der Waals surface area contributed by atoms with Gasteiger partial charge in [-0.15, -0.1) is 0 Å². The second kappa shape index (κ2) is 9.88. The molecule has 0 saturated carbocycles. The zero-order valence-corrected chi connectivity index (χ0v) is 16.8. The number of rotatable bonds is 6. The molecule has 1 heterocycles. The van der Waals surface area contributed by atoms with Crippen molar-refractivity contribution < 1.29 is 27.6 Å². The zero-order chi connectivity index (χ0) is 22.3. The molecule has 162 valence electrons. The first kappa shape index (κ1) is 22.0. The largest absolute Gasteiger partial charge is 0.470 e. The van der Waals surface area contributed by atoms with E-state index in [9.17, 15) is 13.2 Å². The van der Waals surface area contributed by atoms with Gasteiger partial charge < -0.3 is 14.4 Å². The molecule has 0 atom stereocenters. The Morgan fingerprint density at radius 1 is 1.13 bits per heavy atom. The standard InChI is InChI=1S/C21H19F3N4O3/c1-14(15-7-5-8-17(12-15)21(22,23)24)26-25-13-16-6-3-4-9-18(16)19(27-29-2)20-28-31-11-10-30-20/h3-9,12-13H,10-11H2,1-2H3/b25-13+,26-14+,27-19+. The minimum atomic E-state index is -4.43. The number of nitrogens with zero attached hydrogens (tertiary/aromatic N) is 4. The summed E-state index contributed by atoms with van der Waals surface area (Å²) in [5, 5.41) is 15.9. The summed E-state index contributed by atoms with van der Waals surface area (Å²) >= 11 is 0. The van der Waals surface area contributed by atoms with E-state index >= 15 is 0 Å². The van der Waals surface area contributed by atoms with Crippen molar-refractivity contribution in [2.75, 3.05) is 20.3 Å². The Labute approximate surface area is 176 Å². The number of halogens is 3. The van der Waals surface area contributed by atoms with Crippen LogP contribution in [0.3, 0.4) is 0 Å². The van der Waals surface area contributed by atoms with Gasteiger partial charge in [-0.3, -0.25) is 0 Å². The summed E-state index contributed by atoms with van der Waals surface area (Å²) in [4.78, 5) is 9.97. The molecule has 10 heteroatoms. The fourth-order valence-electron chi connectivity index (χ4n) is 2.69. The van der Waals surface area contributed by atoms with E-state index in [-0.39, 0.29) is 5.90 Å². The Bertz CT molecular complexity index is 1050. The van der Waals surface area contributed by atoms with Crippen LogP contribution in [0.2, 0.25) is 0 Å². The maximum Gasteiger partial charge on any atom is 0.416 e. The van der Waals surface area contributed by atoms with Gasteiger partial charge in [-0.25, -0.2) is 0 Å². The first-order chi connectivity index (χ1) is 14.9. The fraction of sp³-hybridized carbons (Fsp3) is 0.238. The smallest absolute Gasteiger partial charge is 0.416 e. The van der Waals surface area contributed by atoms with Gasteiger partial charge in [0.15, 0.2) is 12.3 Å². The van der Waals surface area contributed by atoms with Gasteiger partial charge >= 0.3 is 6.18 Å². The van der Waals surface area contributed by atoms with Gasteiger partial charge in [0, 0.05) is 11.1 Å². The van der Waals surface area contributed by atoms with Crippen molar-refractivity contribution in [2.45, 2.75) is 13.1 Å². The number of alkyl halides is 3. The number of benzene rings is 2. The number of ether oxygens (including phenoxy) is 1. The Balaban J connectivity index is 1.88. The zero-order valence-electron chi connectivity index (χ0n) is 16.8. The first-order valence-corrected chi connectivity index (χ1v) is 9.19. The number of oxime groups is 2. The van der Waals surface area contributed by atoms with Crippen LogP contribution in [0.5, 0.6) is 0 Å². The fourth-order valence-corrected chi connectivity index (χ4v) is 2.69. The maximum atomic E-state index is 12.9. The molecule has 0 aromatic heterocycles. The van der Waals surface area contributed by atoms with Crippen LogP contribution in [0.1, 0.15) is 29.2 Å². The van der Waals surface area contributed by atoms with Gasteiger partial charge in [-0.2, -0.15) is 23.4 Å². The molecule has 1 aliphatic heterocycles. The minimum Gasteiger partial charge on any atom is -0.470 e. The van der Waals surface area contributed by atoms with Crippen molar-refractivity contribution in [1.82, 2.24) is 0 Å². The second-order valence-electron chi connectivity index (χ2n) is 6.30. The highest BCUT2D eigenvalue weighted by molar-refractivity contribution is 6.46. The lowest BCUT2D eigenvalue weighted by atomic mass is 10.0. The molecular formula is C21H19F3N4O3. The Morgan fingerprint density at radius 3 is 2.65 bits per heavy atom. The highest BCUT2D eigenvalue weighted by Crippen LogP contribution is 2.29. The summed E-state index contributed by atoms with van der Waals surface area (Å²) in [6.07, 6.45) is -2.97. The molecule has 0 radical (unpaired) electrons. The molecule has 3 rings (SSSR count). The van der Waals surface area contributed by atoms with Crippen LogP contribution >= 0.6 is 0 Å². The topological polar surface area (TPSA) is 77.1 Å². The normalized spacial score (nSPS) is 15.3. The van der Waals surface area contributed by atoms with Gasteiger partial charge in [0.25, 0.3) is 5.90 Å². The molecule has 0 amide bonds. The summed E-state index contributed by atoms with van der Waals surface area (Å²) in [5.41, 5.74) is 1.44. The van der Waals surface area contributed by atoms with Gasteiger partial charge in [0.2, 0.25) is 0 Å². The summed E-state index contributed by atoms with van der Waals surface area (Å²) in [5.74, 6) is 0.164. The van der Waals surface area contributed by atoms with Crippen LogP contribution < -0.4 is 0 Å². The third-order valence-electron chi connectivity index (χ3n) is 4.17. The Morgan fingerprint density at radius 2 is 1.94 bits per heavy atom. The summed E-state index contributed by atoms with van der Waals surface area (Å²) in [6, 6.07) is 12.0. The van der Waals surface area contributed by atoms with E-state index in [1.54, 1.807) is 37.3 Å². The molecule has 7 nitrogen and oxygen atoms in total. The van der Waals surface area contributed by atoms with E-state index < -0.39 is 11.7 Å². The van der Waals surface area contributed by atoms with Gasteiger partial charge in [-0.1, -0.05) is 41.6 Å². The van der Waals surface area contributed by atoms with Crippen LogP contribution in [0.25, 0.3) is 0 Å². The molecule has 0 bridgehead atoms. The Hall–Kier alpha value is -3.69. The third kappa shape index (κ3) is 5.68. The van der Waals surface area contributed by atoms with E-state index in [1.165, 1.54) is 19.4 Å². The highest BCUT2D eigenvalue weighted by atomic mass is 19.4. The van der Waals surface area contributed by atoms with Crippen molar-refractivity contribution >= 4 is 23.5 Å². The third-order valence-corrected chi connectivity index (χ3v) is 4.17. The van der Waals surface area contributed by atoms with Crippen molar-refractivity contribution in [3.05, 3.63) is 70.8 Å². The van der Waals surface area contributed by atoms with Crippen molar-refractivity contribution in [2.24, 2.45) is 20.5 Å². The molecular weight excluding hydrogens is 413 g/mol. The summed E-state index contributed by atoms with van der Waals surface area (Å²) < 4.78 is 44.3. The number of hydrogen-bond donors (Lipinski definition) is 0. The average molecular weight is 432 g/mol. The summed E-state index contributed by atoms with van der Waals surface area (Å²) in [6.45, 7) is 2.23. The van der Waals surface area contributed by atoms with Gasteiger partial charge in [0.05, 0.1) is 17.5 Å². The predicted octanol–water partition coefficient (Wildman–Crippen LogP) is 4.26. The van der Waals surface area contributed by atoms with Crippen LogP contribution in [0.4, 0.5) is 13.2 Å². The van der Waals surface area contributed by atoms with Crippen LogP contribution in [0.15, 0.2) is 69.0 Å². The summed E-state index contributed by atoms with van der Waals surface area (Å²) in [7, 11) is 1.39. The molecule has 0 N–H and O–H groups in total. The number of hydrogen-bond acceptors (Lipinski definition) is 7. The monoisotopic (exact) mass is 432 g/mol. The lowest BCUT2D eigenvalue weighted by Crippen LogP contribution is -2.26. The lowest BCUT2D eigenvalue weighted by molar-refractivity contribution is -0.137. The van der Waals surface area contributed by atoms with E-state index in [0.29, 0.717) is 41.3 Å². The van der Waals surface area contributed by atoms with Crippen molar-refractivity contribution in [1.29, 1.82) is 0 Å². The van der Waals surface area contributed by atoms with Crippen molar-refractivity contribution in [3.63, 3.8) is 0 Å². The SMILES string of the molecule is CO/N=C(/C1=NOCCO1)c1ccccc1/C=N/N=C(\C)c1cccc(C(F)(F)F)c1. The van der Waals surface area contributed by atoms with Crippen LogP contribution in [0, 0.1) is 0 Å². The Kier molecular flexibility index (Phi) is 7.01. The van der Waals surface area contributed by atoms with Crippen molar-refractivity contribution in [3.8, 4) is 0 Å². The van der Waals surface area contributed by atoms with Gasteiger partial charge in [0.1, 0.15) is 13.7 Å². The molecule has 2 aromatic carbocycles. The molecule has 0 aliphatic carbocycles. The quantitative estimate of drug-likeness (QED) is 0.506. The second-order valence-corrected chi connectivity index (χ2v) is 6.30.